The van der Waals surface area contributed by atoms with Crippen molar-refractivity contribution in [1.82, 2.24) is 10.3 Å². The molecule has 1 atom stereocenters. The number of hydrogen-bond acceptors (Lipinski definition) is 2. The average molecular weight is 273 g/mol. The molecule has 1 aromatic carbocycles. The second kappa shape index (κ2) is 6.57. The Kier molecular flexibility index (Phi) is 4.79. The maximum absolute atomic E-state index is 12.1. The van der Waals surface area contributed by atoms with E-state index in [1.54, 1.807) is 0 Å². The lowest BCUT2D eigenvalue weighted by Crippen LogP contribution is -2.46. The van der Waals surface area contributed by atoms with Crippen molar-refractivity contribution < 1.29 is 4.79 Å². The van der Waals surface area contributed by atoms with Crippen molar-refractivity contribution in [2.75, 3.05) is 0 Å². The summed E-state index contributed by atoms with van der Waals surface area (Å²) in [7, 11) is 0. The number of aromatic nitrogens is 1. The maximum Gasteiger partial charge on any atom is 0.237 e. The highest BCUT2D eigenvalue weighted by Crippen LogP contribution is 2.18. The number of rotatable bonds is 6. The van der Waals surface area contributed by atoms with Gasteiger partial charge < -0.3 is 16.0 Å². The van der Waals surface area contributed by atoms with E-state index < -0.39 is 6.04 Å². The van der Waals surface area contributed by atoms with Gasteiger partial charge >= 0.3 is 0 Å². The molecule has 4 nitrogen and oxygen atoms in total. The molecule has 4 heteroatoms. The molecule has 0 aliphatic rings. The van der Waals surface area contributed by atoms with Gasteiger partial charge in [-0.3, -0.25) is 4.79 Å². The highest BCUT2D eigenvalue weighted by Gasteiger charge is 2.18. The van der Waals surface area contributed by atoms with Crippen molar-refractivity contribution in [3.05, 3.63) is 36.0 Å². The monoisotopic (exact) mass is 273 g/mol. The summed E-state index contributed by atoms with van der Waals surface area (Å²) in [6.07, 6.45) is 4.36. The number of carbonyl (C=O) groups excluding carboxylic acids is 1. The number of fused-ring (bicyclic) bond motifs is 1. The fraction of sp³-hybridized carbons (Fsp3) is 0.438. The standard InChI is InChI=1S/C16H23N3O/c1-3-12(4-2)19-16(20)14(17)9-11-10-18-15-8-6-5-7-13(11)15/h5-8,10,12,14,18H,3-4,9,17H2,1-2H3,(H,19,20)/t14-/m1/s1. The first-order chi connectivity index (χ1) is 9.65. The molecule has 0 spiro atoms. The third-order valence-electron chi connectivity index (χ3n) is 3.78. The summed E-state index contributed by atoms with van der Waals surface area (Å²) >= 11 is 0. The molecule has 4 N–H and O–H groups in total. The summed E-state index contributed by atoms with van der Waals surface area (Å²) in [5, 5.41) is 4.14. The zero-order chi connectivity index (χ0) is 14.5. The molecule has 0 unspecified atom stereocenters. The molecule has 108 valence electrons. The Morgan fingerprint density at radius 2 is 2.00 bits per heavy atom. The van der Waals surface area contributed by atoms with Gasteiger partial charge in [-0.25, -0.2) is 0 Å². The second-order valence-corrected chi connectivity index (χ2v) is 5.19. The van der Waals surface area contributed by atoms with Crippen LogP contribution in [0.1, 0.15) is 32.3 Å². The van der Waals surface area contributed by atoms with E-state index in [1.807, 2.05) is 30.5 Å². The summed E-state index contributed by atoms with van der Waals surface area (Å²) in [6, 6.07) is 7.77. The van der Waals surface area contributed by atoms with E-state index in [0.29, 0.717) is 6.42 Å². The summed E-state index contributed by atoms with van der Waals surface area (Å²) < 4.78 is 0. The van der Waals surface area contributed by atoms with Crippen molar-refractivity contribution in [1.29, 1.82) is 0 Å². The predicted octanol–water partition coefficient (Wildman–Crippen LogP) is 2.34. The van der Waals surface area contributed by atoms with Crippen LogP contribution in [0.25, 0.3) is 10.9 Å². The number of benzene rings is 1. The van der Waals surface area contributed by atoms with E-state index >= 15 is 0 Å². The predicted molar refractivity (Wildman–Crippen MR) is 82.5 cm³/mol. The Hall–Kier alpha value is -1.81. The Labute approximate surface area is 119 Å². The van der Waals surface area contributed by atoms with Crippen LogP contribution in [-0.4, -0.2) is 23.0 Å². The minimum Gasteiger partial charge on any atom is -0.361 e. The van der Waals surface area contributed by atoms with E-state index in [9.17, 15) is 4.79 Å². The zero-order valence-corrected chi connectivity index (χ0v) is 12.1. The van der Waals surface area contributed by atoms with E-state index in [2.05, 4.69) is 24.1 Å². The van der Waals surface area contributed by atoms with Crippen LogP contribution in [0, 0.1) is 0 Å². The van der Waals surface area contributed by atoms with E-state index in [1.165, 1.54) is 0 Å². The lowest BCUT2D eigenvalue weighted by molar-refractivity contribution is -0.123. The highest BCUT2D eigenvalue weighted by atomic mass is 16.2. The molecule has 2 aromatic rings. The average Bonchev–Trinajstić information content (AvgIpc) is 2.87. The Morgan fingerprint density at radius 3 is 2.70 bits per heavy atom. The van der Waals surface area contributed by atoms with Gasteiger partial charge in [-0.15, -0.1) is 0 Å². The first-order valence-electron chi connectivity index (χ1n) is 7.26. The first kappa shape index (κ1) is 14.6. The van der Waals surface area contributed by atoms with Gasteiger partial charge in [0.25, 0.3) is 0 Å². The lowest BCUT2D eigenvalue weighted by atomic mass is 10.0. The molecular weight excluding hydrogens is 250 g/mol. The summed E-state index contributed by atoms with van der Waals surface area (Å²) in [6.45, 7) is 4.14. The highest BCUT2D eigenvalue weighted by molar-refractivity contribution is 5.86. The van der Waals surface area contributed by atoms with Gasteiger partial charge in [-0.05, 0) is 30.9 Å². The van der Waals surface area contributed by atoms with Gasteiger partial charge in [0.1, 0.15) is 0 Å². The molecular formula is C16H23N3O. The third-order valence-corrected chi connectivity index (χ3v) is 3.78. The molecule has 0 radical (unpaired) electrons. The van der Waals surface area contributed by atoms with Crippen molar-refractivity contribution >= 4 is 16.8 Å². The molecule has 0 bridgehead atoms. The number of amides is 1. The van der Waals surface area contributed by atoms with Gasteiger partial charge in [-0.2, -0.15) is 0 Å². The molecule has 0 saturated heterocycles. The van der Waals surface area contributed by atoms with Gasteiger partial charge in [0.15, 0.2) is 0 Å². The van der Waals surface area contributed by atoms with Crippen LogP contribution in [0.3, 0.4) is 0 Å². The van der Waals surface area contributed by atoms with Crippen molar-refractivity contribution in [3.63, 3.8) is 0 Å². The molecule has 0 aliphatic heterocycles. The van der Waals surface area contributed by atoms with Gasteiger partial charge in [0.05, 0.1) is 6.04 Å². The Morgan fingerprint density at radius 1 is 1.30 bits per heavy atom. The molecule has 20 heavy (non-hydrogen) atoms. The number of H-pyrrole nitrogens is 1. The minimum atomic E-state index is -0.505. The Balaban J connectivity index is 2.04. The SMILES string of the molecule is CCC(CC)NC(=O)[C@H](N)Cc1c[nH]c2ccccc12. The topological polar surface area (TPSA) is 70.9 Å². The second-order valence-electron chi connectivity index (χ2n) is 5.19. The summed E-state index contributed by atoms with van der Waals surface area (Å²) in [5.41, 5.74) is 8.20. The van der Waals surface area contributed by atoms with Crippen molar-refractivity contribution in [2.45, 2.75) is 45.2 Å². The number of nitrogens with one attached hydrogen (secondary N) is 2. The molecule has 0 fully saturated rings. The fourth-order valence-corrected chi connectivity index (χ4v) is 2.43. The van der Waals surface area contributed by atoms with Gasteiger partial charge in [0, 0.05) is 23.1 Å². The minimum absolute atomic E-state index is 0.0658. The smallest absolute Gasteiger partial charge is 0.237 e. The number of nitrogens with two attached hydrogens (primary N) is 1. The zero-order valence-electron chi connectivity index (χ0n) is 12.1. The van der Waals surface area contributed by atoms with Crippen LogP contribution < -0.4 is 11.1 Å². The van der Waals surface area contributed by atoms with Gasteiger partial charge in [0.2, 0.25) is 5.91 Å². The first-order valence-corrected chi connectivity index (χ1v) is 7.26. The molecule has 1 amide bonds. The molecule has 2 rings (SSSR count). The van der Waals surface area contributed by atoms with E-state index in [-0.39, 0.29) is 11.9 Å². The molecule has 1 aromatic heterocycles. The van der Waals surface area contributed by atoms with Crippen LogP contribution in [0.2, 0.25) is 0 Å². The normalized spacial score (nSPS) is 12.8. The molecule has 0 aliphatic carbocycles. The molecule has 1 heterocycles. The third kappa shape index (κ3) is 3.20. The van der Waals surface area contributed by atoms with Crippen LogP contribution in [-0.2, 0) is 11.2 Å². The summed E-state index contributed by atoms with van der Waals surface area (Å²) in [4.78, 5) is 15.3. The number of carbonyl (C=O) groups is 1. The number of aromatic amines is 1. The maximum atomic E-state index is 12.1. The quantitative estimate of drug-likeness (QED) is 0.756. The van der Waals surface area contributed by atoms with Crippen LogP contribution in [0.5, 0.6) is 0 Å². The van der Waals surface area contributed by atoms with E-state index in [0.717, 1.165) is 29.3 Å². The van der Waals surface area contributed by atoms with Crippen LogP contribution in [0.15, 0.2) is 30.5 Å². The summed E-state index contributed by atoms with van der Waals surface area (Å²) in [5.74, 6) is -0.0658. The van der Waals surface area contributed by atoms with Crippen LogP contribution in [0.4, 0.5) is 0 Å². The van der Waals surface area contributed by atoms with E-state index in [4.69, 9.17) is 5.73 Å². The van der Waals surface area contributed by atoms with Gasteiger partial charge in [-0.1, -0.05) is 32.0 Å². The van der Waals surface area contributed by atoms with Crippen molar-refractivity contribution in [3.8, 4) is 0 Å². The largest absolute Gasteiger partial charge is 0.361 e. The Bertz CT molecular complexity index is 572. The van der Waals surface area contributed by atoms with Crippen molar-refractivity contribution in [2.24, 2.45) is 5.73 Å². The number of para-hydroxylation sites is 1. The number of hydrogen-bond donors (Lipinski definition) is 3. The molecule has 0 saturated carbocycles. The lowest BCUT2D eigenvalue weighted by Gasteiger charge is -2.18. The van der Waals surface area contributed by atoms with Crippen LogP contribution >= 0.6 is 0 Å². The fourth-order valence-electron chi connectivity index (χ4n) is 2.43.